The normalized spacial score (nSPS) is 9.95. The Hall–Kier alpha value is -2.36. The lowest BCUT2D eigenvalue weighted by Gasteiger charge is -2.12. The Bertz CT molecular complexity index is 544. The molecule has 4 heteroatoms. The molecule has 0 saturated carbocycles. The fourth-order valence-corrected chi connectivity index (χ4v) is 1.85. The molecule has 0 aliphatic heterocycles. The Kier molecular flexibility index (Phi) is 4.71. The highest BCUT2D eigenvalue weighted by atomic mass is 16.5. The van der Waals surface area contributed by atoms with E-state index in [-0.39, 0.29) is 0 Å². The minimum atomic E-state index is 0.411. The van der Waals surface area contributed by atoms with E-state index in [1.807, 2.05) is 42.5 Å². The van der Waals surface area contributed by atoms with Gasteiger partial charge in [-0.25, -0.2) is 0 Å². The minimum Gasteiger partial charge on any atom is -0.497 e. The first kappa shape index (κ1) is 14.1. The van der Waals surface area contributed by atoms with E-state index in [1.54, 1.807) is 21.3 Å². The molecule has 0 radical (unpaired) electrons. The predicted molar refractivity (Wildman–Crippen MR) is 76.9 cm³/mol. The van der Waals surface area contributed by atoms with Gasteiger partial charge in [0.2, 0.25) is 0 Å². The average molecular weight is 274 g/mol. The standard InChI is InChI=1S/C16H18O4/c1-17-13-8-12(9-14(10-13)18-2)11-20-16-7-5-4-6-15(16)19-3/h4-10H,11H2,1-3H3. The van der Waals surface area contributed by atoms with E-state index in [0.29, 0.717) is 18.1 Å². The lowest BCUT2D eigenvalue weighted by Crippen LogP contribution is -1.99. The summed E-state index contributed by atoms with van der Waals surface area (Å²) in [6.45, 7) is 0.411. The Morgan fingerprint density at radius 2 is 1.35 bits per heavy atom. The van der Waals surface area contributed by atoms with Crippen LogP contribution in [-0.2, 0) is 6.61 Å². The topological polar surface area (TPSA) is 36.9 Å². The second kappa shape index (κ2) is 6.70. The van der Waals surface area contributed by atoms with Crippen LogP contribution in [0, 0.1) is 0 Å². The lowest BCUT2D eigenvalue weighted by molar-refractivity contribution is 0.283. The summed E-state index contributed by atoms with van der Waals surface area (Å²) in [6.07, 6.45) is 0. The number of para-hydroxylation sites is 2. The highest BCUT2D eigenvalue weighted by Gasteiger charge is 2.05. The summed E-state index contributed by atoms with van der Waals surface area (Å²) in [7, 11) is 4.87. The van der Waals surface area contributed by atoms with Gasteiger partial charge in [0, 0.05) is 6.07 Å². The number of ether oxygens (including phenoxy) is 4. The molecule has 106 valence electrons. The molecule has 2 aromatic carbocycles. The Balaban J connectivity index is 2.14. The van der Waals surface area contributed by atoms with E-state index in [2.05, 4.69) is 0 Å². The van der Waals surface area contributed by atoms with Gasteiger partial charge < -0.3 is 18.9 Å². The third-order valence-corrected chi connectivity index (χ3v) is 2.87. The van der Waals surface area contributed by atoms with Gasteiger partial charge in [-0.15, -0.1) is 0 Å². The number of hydrogen-bond acceptors (Lipinski definition) is 4. The van der Waals surface area contributed by atoms with Gasteiger partial charge in [-0.3, -0.25) is 0 Å². The second-order valence-corrected chi connectivity index (χ2v) is 4.16. The van der Waals surface area contributed by atoms with Crippen molar-refractivity contribution in [2.24, 2.45) is 0 Å². The molecule has 2 aromatic rings. The molecule has 0 amide bonds. The zero-order valence-corrected chi connectivity index (χ0v) is 11.9. The first-order valence-corrected chi connectivity index (χ1v) is 6.24. The highest BCUT2D eigenvalue weighted by Crippen LogP contribution is 2.28. The smallest absolute Gasteiger partial charge is 0.161 e. The summed E-state index contributed by atoms with van der Waals surface area (Å²) in [5.74, 6) is 2.89. The molecule has 4 nitrogen and oxygen atoms in total. The van der Waals surface area contributed by atoms with Crippen LogP contribution in [-0.4, -0.2) is 21.3 Å². The molecule has 0 bridgehead atoms. The SMILES string of the molecule is COc1cc(COc2ccccc2OC)cc(OC)c1. The fraction of sp³-hybridized carbons (Fsp3) is 0.250. The highest BCUT2D eigenvalue weighted by molar-refractivity contribution is 5.41. The minimum absolute atomic E-state index is 0.411. The summed E-state index contributed by atoms with van der Waals surface area (Å²) < 4.78 is 21.5. The second-order valence-electron chi connectivity index (χ2n) is 4.16. The summed E-state index contributed by atoms with van der Waals surface area (Å²) in [6, 6.07) is 13.2. The molecule has 0 N–H and O–H groups in total. The largest absolute Gasteiger partial charge is 0.497 e. The van der Waals surface area contributed by atoms with Gasteiger partial charge in [-0.05, 0) is 29.8 Å². The quantitative estimate of drug-likeness (QED) is 0.810. The van der Waals surface area contributed by atoms with Gasteiger partial charge in [0.05, 0.1) is 21.3 Å². The van der Waals surface area contributed by atoms with Crippen LogP contribution in [0.4, 0.5) is 0 Å². The maximum Gasteiger partial charge on any atom is 0.161 e. The third-order valence-electron chi connectivity index (χ3n) is 2.87. The number of methoxy groups -OCH3 is 3. The first-order valence-electron chi connectivity index (χ1n) is 6.24. The van der Waals surface area contributed by atoms with Crippen molar-refractivity contribution in [3.8, 4) is 23.0 Å². The van der Waals surface area contributed by atoms with Crippen molar-refractivity contribution in [2.75, 3.05) is 21.3 Å². The molecule has 0 aliphatic carbocycles. The van der Waals surface area contributed by atoms with Crippen molar-refractivity contribution in [1.29, 1.82) is 0 Å². The summed E-state index contributed by atoms with van der Waals surface area (Å²) >= 11 is 0. The van der Waals surface area contributed by atoms with Crippen LogP contribution in [0.1, 0.15) is 5.56 Å². The van der Waals surface area contributed by atoms with Crippen LogP contribution in [0.2, 0.25) is 0 Å². The zero-order chi connectivity index (χ0) is 14.4. The van der Waals surface area contributed by atoms with Gasteiger partial charge >= 0.3 is 0 Å². The van der Waals surface area contributed by atoms with Crippen LogP contribution in [0.5, 0.6) is 23.0 Å². The van der Waals surface area contributed by atoms with Crippen LogP contribution in [0.3, 0.4) is 0 Å². The summed E-state index contributed by atoms with van der Waals surface area (Å²) in [5, 5.41) is 0. The zero-order valence-electron chi connectivity index (χ0n) is 11.9. The van der Waals surface area contributed by atoms with Crippen LogP contribution in [0.25, 0.3) is 0 Å². The lowest BCUT2D eigenvalue weighted by atomic mass is 10.2. The third kappa shape index (κ3) is 3.35. The molecule has 2 rings (SSSR count). The van der Waals surface area contributed by atoms with Gasteiger partial charge in [0.15, 0.2) is 11.5 Å². The van der Waals surface area contributed by atoms with Crippen molar-refractivity contribution < 1.29 is 18.9 Å². The molecule has 0 aliphatic rings. The van der Waals surface area contributed by atoms with Crippen molar-refractivity contribution >= 4 is 0 Å². The van der Waals surface area contributed by atoms with Gasteiger partial charge in [0.25, 0.3) is 0 Å². The van der Waals surface area contributed by atoms with Gasteiger partial charge in [-0.2, -0.15) is 0 Å². The Morgan fingerprint density at radius 3 is 1.90 bits per heavy atom. The average Bonchev–Trinajstić information content (AvgIpc) is 2.52. The van der Waals surface area contributed by atoms with Crippen LogP contribution < -0.4 is 18.9 Å². The summed E-state index contributed by atoms with van der Waals surface area (Å²) in [5.41, 5.74) is 0.965. The maximum absolute atomic E-state index is 5.78. The Morgan fingerprint density at radius 1 is 0.750 bits per heavy atom. The molecular formula is C16H18O4. The molecule has 0 fully saturated rings. The van der Waals surface area contributed by atoms with Crippen molar-refractivity contribution in [3.63, 3.8) is 0 Å². The first-order chi connectivity index (χ1) is 9.76. The van der Waals surface area contributed by atoms with E-state index in [9.17, 15) is 0 Å². The Labute approximate surface area is 118 Å². The molecule has 0 atom stereocenters. The van der Waals surface area contributed by atoms with Gasteiger partial charge in [0.1, 0.15) is 18.1 Å². The molecule has 0 spiro atoms. The number of rotatable bonds is 6. The van der Waals surface area contributed by atoms with Crippen molar-refractivity contribution in [3.05, 3.63) is 48.0 Å². The molecule has 0 unspecified atom stereocenters. The van der Waals surface area contributed by atoms with Crippen molar-refractivity contribution in [1.82, 2.24) is 0 Å². The van der Waals surface area contributed by atoms with E-state index >= 15 is 0 Å². The van der Waals surface area contributed by atoms with E-state index in [0.717, 1.165) is 17.1 Å². The van der Waals surface area contributed by atoms with Crippen LogP contribution >= 0.6 is 0 Å². The molecule has 0 heterocycles. The number of hydrogen-bond donors (Lipinski definition) is 0. The summed E-state index contributed by atoms with van der Waals surface area (Å²) in [4.78, 5) is 0. The number of benzene rings is 2. The van der Waals surface area contributed by atoms with E-state index in [1.165, 1.54) is 0 Å². The van der Waals surface area contributed by atoms with Crippen LogP contribution in [0.15, 0.2) is 42.5 Å². The maximum atomic E-state index is 5.78. The fourth-order valence-electron chi connectivity index (χ4n) is 1.85. The van der Waals surface area contributed by atoms with E-state index < -0.39 is 0 Å². The molecule has 20 heavy (non-hydrogen) atoms. The molecule has 0 saturated heterocycles. The molecule has 0 aromatic heterocycles. The van der Waals surface area contributed by atoms with Crippen molar-refractivity contribution in [2.45, 2.75) is 6.61 Å². The monoisotopic (exact) mass is 274 g/mol. The molecular weight excluding hydrogens is 256 g/mol. The predicted octanol–water partition coefficient (Wildman–Crippen LogP) is 3.29. The van der Waals surface area contributed by atoms with Gasteiger partial charge in [-0.1, -0.05) is 12.1 Å². The van der Waals surface area contributed by atoms with E-state index in [4.69, 9.17) is 18.9 Å².